The number of aryl methyl sites for hydroxylation is 3. The van der Waals surface area contributed by atoms with Crippen molar-refractivity contribution in [3.05, 3.63) is 181 Å². The summed E-state index contributed by atoms with van der Waals surface area (Å²) in [6, 6.07) is 34.2. The van der Waals surface area contributed by atoms with E-state index in [1.165, 1.54) is 166 Å². The van der Waals surface area contributed by atoms with Crippen molar-refractivity contribution in [2.24, 2.45) is 0 Å². The number of rotatable bonds is 11. The molecule has 3 fully saturated rings. The second-order valence-electron chi connectivity index (χ2n) is 31.2. The zero-order valence-corrected chi connectivity index (χ0v) is 66.3. The molecule has 6 aliphatic heterocycles. The number of amides is 2. The van der Waals surface area contributed by atoms with E-state index in [1.54, 1.807) is 5.56 Å². The summed E-state index contributed by atoms with van der Waals surface area (Å²) < 4.78 is 12.8. The summed E-state index contributed by atoms with van der Waals surface area (Å²) in [4.78, 5) is 57.2. The summed E-state index contributed by atoms with van der Waals surface area (Å²) in [5.41, 5.74) is 17.9. The van der Waals surface area contributed by atoms with Gasteiger partial charge in [-0.2, -0.15) is 35.3 Å². The number of hydrogen-bond donors (Lipinski definition) is 2. The number of likely N-dealkylation sites (N-methyl/N-ethyl adjacent to an activating group) is 3. The van der Waals surface area contributed by atoms with Crippen molar-refractivity contribution in [1.29, 1.82) is 0 Å². The third kappa shape index (κ3) is 19.8. The molecule has 3 saturated heterocycles. The molecule has 6 atom stereocenters. The van der Waals surface area contributed by atoms with Crippen LogP contribution in [0.3, 0.4) is 0 Å². The molecule has 0 spiro atoms. The third-order valence-electron chi connectivity index (χ3n) is 21.6. The molecule has 9 heterocycles. The molecule has 3 aromatic carbocycles. The van der Waals surface area contributed by atoms with Crippen molar-refractivity contribution in [2.45, 2.75) is 186 Å². The molecule has 6 aromatic rings. The third-order valence-corrected chi connectivity index (χ3v) is 25.2. The number of benzene rings is 3. The second kappa shape index (κ2) is 35.8. The molecule has 0 unspecified atom stereocenters. The van der Waals surface area contributed by atoms with Gasteiger partial charge in [0.05, 0.1) is 47.3 Å². The molecule has 15 rings (SSSR count). The molecule has 2 N–H and O–H groups in total. The van der Waals surface area contributed by atoms with Gasteiger partial charge in [-0.05, 0) is 226 Å². The highest BCUT2D eigenvalue weighted by atomic mass is 79.9. The van der Waals surface area contributed by atoms with E-state index in [0.29, 0.717) is 25.2 Å². The SMILES string of the molecule is C1CSCCN1.CN(C[C@H]1Cc2c(Br)cccc2CN1C(=O)OC(C)(C)C)[C@H]1CCCc2cccnc21.CN(C[C@H]1Cc2c(cccc2N2CCSCC2)CN1)[C@H]1CCCc2cccnc21.CN(C[C@H]1Cc2c(cccc2N2CCSCC2)CN1C(=O)OC(C)(C)C)[C@H]1CCCc2cccnc21. The molecular formula is C82H113BrN12O4S3. The summed E-state index contributed by atoms with van der Waals surface area (Å²) in [5.74, 6) is 7.46. The molecule has 550 valence electrons. The second-order valence-corrected chi connectivity index (χ2v) is 35.7. The lowest BCUT2D eigenvalue weighted by Gasteiger charge is -2.43. The smallest absolute Gasteiger partial charge is 0.410 e. The maximum atomic E-state index is 13.4. The van der Waals surface area contributed by atoms with Gasteiger partial charge in [0.2, 0.25) is 0 Å². The largest absolute Gasteiger partial charge is 0.444 e. The van der Waals surface area contributed by atoms with Crippen molar-refractivity contribution in [3.8, 4) is 0 Å². The summed E-state index contributed by atoms with van der Waals surface area (Å²) in [6.07, 6.45) is 18.5. The Balaban J connectivity index is 0.000000139. The summed E-state index contributed by atoms with van der Waals surface area (Å²) in [5, 5.41) is 7.08. The number of aromatic nitrogens is 3. The van der Waals surface area contributed by atoms with E-state index in [9.17, 15) is 9.59 Å². The van der Waals surface area contributed by atoms with Crippen molar-refractivity contribution in [3.63, 3.8) is 0 Å². The van der Waals surface area contributed by atoms with Crippen LogP contribution in [0.4, 0.5) is 21.0 Å². The molecule has 0 radical (unpaired) electrons. The van der Waals surface area contributed by atoms with E-state index < -0.39 is 11.2 Å². The number of nitrogens with one attached hydrogen (secondary N) is 2. The van der Waals surface area contributed by atoms with Crippen molar-refractivity contribution < 1.29 is 19.1 Å². The lowest BCUT2D eigenvalue weighted by atomic mass is 9.89. The molecule has 0 saturated carbocycles. The van der Waals surface area contributed by atoms with Gasteiger partial charge in [-0.25, -0.2) is 9.59 Å². The summed E-state index contributed by atoms with van der Waals surface area (Å²) >= 11 is 9.87. The topological polar surface area (TPSA) is 138 Å². The number of carbonyl (C=O) groups excluding carboxylic acids is 2. The van der Waals surface area contributed by atoms with Gasteiger partial charge < -0.3 is 29.9 Å². The normalized spacial score (nSPS) is 22.5. The monoisotopic (exact) mass is 1500 g/mol. The van der Waals surface area contributed by atoms with Crippen LogP contribution in [0.15, 0.2) is 114 Å². The Morgan fingerprint density at radius 3 is 1.32 bits per heavy atom. The van der Waals surface area contributed by atoms with E-state index >= 15 is 0 Å². The van der Waals surface area contributed by atoms with Crippen LogP contribution < -0.4 is 20.4 Å². The van der Waals surface area contributed by atoms with Gasteiger partial charge >= 0.3 is 12.2 Å². The standard InChI is InChI=1S/C29H40N4O2S.C25H32BrN3O2.C24H32N4S.C4H9NS/c1-29(2,3)35-28(34)33-19-22-9-6-11-25(32-14-16-36-17-15-32)24(22)18-23(33)20-31(4)26-12-5-8-21-10-7-13-30-27(21)26;1-25(2,3)31-24(30)29-15-18-9-5-11-21(26)20(18)14-19(29)16-28(4)22-12-6-8-17-10-7-13-27-23(17)22;1-27(23-9-2-5-18-7-4-10-25-24(18)23)17-20-15-21-19(16-26-20)6-3-8-22(21)28-11-13-29-14-12-28;1-3-6-4-2-5-1/h6-7,9-11,13,23,26H,5,8,12,14-20H2,1-4H3;5,7,9-11,13,19,22H,6,8,12,14-16H2,1-4H3;3-4,6-8,10,20,23,26H,2,5,9,11-17H2,1H3;5H,1-4H2/t23-,26+;19-,22+;20-,23+;/m111./s1. The van der Waals surface area contributed by atoms with Gasteiger partial charge in [-0.1, -0.05) is 70.5 Å². The first-order valence-corrected chi connectivity index (χ1v) is 42.1. The van der Waals surface area contributed by atoms with Crippen molar-refractivity contribution >= 4 is 74.8 Å². The van der Waals surface area contributed by atoms with Gasteiger partial charge in [-0.3, -0.25) is 39.5 Å². The zero-order chi connectivity index (χ0) is 71.3. The van der Waals surface area contributed by atoms with E-state index in [0.717, 1.165) is 88.7 Å². The average molecular weight is 1510 g/mol. The maximum absolute atomic E-state index is 13.4. The predicted molar refractivity (Wildman–Crippen MR) is 427 cm³/mol. The molecule has 3 aliphatic carbocycles. The fourth-order valence-electron chi connectivity index (χ4n) is 16.6. The molecule has 20 heteroatoms. The number of carbonyl (C=O) groups is 2. The Hall–Kier alpha value is -5.42. The molecule has 0 bridgehead atoms. The minimum atomic E-state index is -0.520. The number of hydrogen-bond acceptors (Lipinski definition) is 17. The van der Waals surface area contributed by atoms with Crippen LogP contribution in [0.1, 0.15) is 165 Å². The Morgan fingerprint density at radius 2 is 0.892 bits per heavy atom. The Labute approximate surface area is 630 Å². The Kier molecular flexibility index (Phi) is 26.7. The first kappa shape index (κ1) is 76.2. The van der Waals surface area contributed by atoms with Crippen molar-refractivity contribution in [2.75, 3.05) is 124 Å². The van der Waals surface area contributed by atoms with Crippen LogP contribution in [0.5, 0.6) is 0 Å². The van der Waals surface area contributed by atoms with E-state index in [4.69, 9.17) is 24.4 Å². The number of pyridine rings is 3. The number of halogens is 1. The van der Waals surface area contributed by atoms with E-state index in [1.807, 2.05) is 112 Å². The number of fused-ring (bicyclic) bond motifs is 6. The number of thioether (sulfide) groups is 3. The van der Waals surface area contributed by atoms with E-state index in [2.05, 4.69) is 157 Å². The number of nitrogens with zero attached hydrogens (tertiary/aromatic N) is 10. The van der Waals surface area contributed by atoms with Crippen LogP contribution in [-0.2, 0) is 67.6 Å². The first-order chi connectivity index (χ1) is 49.3. The van der Waals surface area contributed by atoms with Crippen LogP contribution in [0.2, 0.25) is 0 Å². The first-order valence-electron chi connectivity index (χ1n) is 37.9. The van der Waals surface area contributed by atoms with Gasteiger partial charge in [0.1, 0.15) is 11.2 Å². The zero-order valence-electron chi connectivity index (χ0n) is 62.3. The predicted octanol–water partition coefficient (Wildman–Crippen LogP) is 14.8. The highest BCUT2D eigenvalue weighted by Crippen LogP contribution is 2.40. The molecule has 2 amide bonds. The highest BCUT2D eigenvalue weighted by molar-refractivity contribution is 9.10. The molecule has 9 aliphatic rings. The molecular weight excluding hydrogens is 1390 g/mol. The molecule has 102 heavy (non-hydrogen) atoms. The van der Waals surface area contributed by atoms with Crippen molar-refractivity contribution in [1.82, 2.24) is 50.1 Å². The van der Waals surface area contributed by atoms with Crippen LogP contribution in [0.25, 0.3) is 0 Å². The molecule has 3 aromatic heterocycles. The Bertz CT molecular complexity index is 3730. The average Bonchev–Trinajstić information content (AvgIpc) is 0.783. The van der Waals surface area contributed by atoms with Gasteiger partial charge in [-0.15, -0.1) is 0 Å². The van der Waals surface area contributed by atoms with Gasteiger partial charge in [0, 0.05) is 154 Å². The lowest BCUT2D eigenvalue weighted by Crippen LogP contribution is -2.51. The summed E-state index contributed by atoms with van der Waals surface area (Å²) in [6.45, 7) is 23.4. The fourth-order valence-corrected chi connectivity index (χ4v) is 19.7. The van der Waals surface area contributed by atoms with Gasteiger partial charge in [0.25, 0.3) is 0 Å². The highest BCUT2D eigenvalue weighted by Gasteiger charge is 2.40. The molecule has 16 nitrogen and oxygen atoms in total. The fraction of sp³-hybridized carbons (Fsp3) is 0.573. The van der Waals surface area contributed by atoms with Crippen LogP contribution in [-0.4, -0.2) is 196 Å². The number of anilines is 2. The van der Waals surface area contributed by atoms with Crippen LogP contribution >= 0.6 is 51.2 Å². The maximum Gasteiger partial charge on any atom is 0.410 e. The Morgan fingerprint density at radius 1 is 0.500 bits per heavy atom. The minimum Gasteiger partial charge on any atom is -0.444 e. The number of ether oxygens (including phenoxy) is 2. The summed E-state index contributed by atoms with van der Waals surface area (Å²) in [7, 11) is 6.65. The quantitative estimate of drug-likeness (QED) is 0.127. The van der Waals surface area contributed by atoms with E-state index in [-0.39, 0.29) is 36.4 Å². The van der Waals surface area contributed by atoms with Crippen LogP contribution in [0, 0.1) is 0 Å². The van der Waals surface area contributed by atoms with Gasteiger partial charge in [0.15, 0.2) is 0 Å². The minimum absolute atomic E-state index is 0.0418. The lowest BCUT2D eigenvalue weighted by molar-refractivity contribution is 0.00545.